The lowest BCUT2D eigenvalue weighted by atomic mass is 10.0. The van der Waals surface area contributed by atoms with Crippen molar-refractivity contribution in [1.82, 2.24) is 0 Å². The number of unbranched alkanes of at least 4 members (excludes halogenated alkanes) is 25. The van der Waals surface area contributed by atoms with Crippen molar-refractivity contribution in [2.45, 2.75) is 212 Å². The number of carboxylic acids is 1. The lowest BCUT2D eigenvalue weighted by Crippen LogP contribution is -2.34. The second kappa shape index (κ2) is 38.0. The molecule has 0 aliphatic heterocycles. The van der Waals surface area contributed by atoms with Crippen LogP contribution in [0.15, 0.2) is 12.2 Å². The molecule has 0 aliphatic carbocycles. The van der Waals surface area contributed by atoms with Crippen molar-refractivity contribution in [3.05, 3.63) is 12.2 Å². The van der Waals surface area contributed by atoms with Gasteiger partial charge in [-0.25, -0.2) is 4.57 Å². The Balaban J connectivity index is 4.15. The van der Waals surface area contributed by atoms with E-state index in [4.69, 9.17) is 29.4 Å². The van der Waals surface area contributed by atoms with Gasteiger partial charge in [0.1, 0.15) is 12.1 Å². The predicted molar refractivity (Wildman–Crippen MR) is 212 cm³/mol. The van der Waals surface area contributed by atoms with Crippen LogP contribution in [0, 0.1) is 0 Å². The number of hydrogen-bond acceptors (Lipinski definition) is 8. The Labute approximate surface area is 318 Å². The van der Waals surface area contributed by atoms with Gasteiger partial charge in [-0.05, 0) is 32.1 Å². The Kier molecular flexibility index (Phi) is 37.1. The van der Waals surface area contributed by atoms with Crippen molar-refractivity contribution in [2.75, 3.05) is 26.4 Å². The van der Waals surface area contributed by atoms with Crippen molar-refractivity contribution in [3.63, 3.8) is 0 Å². The zero-order valence-electron chi connectivity index (χ0n) is 33.4. The lowest BCUT2D eigenvalue weighted by molar-refractivity contribution is -0.154. The van der Waals surface area contributed by atoms with Gasteiger partial charge in [-0.1, -0.05) is 174 Å². The number of ether oxygens (including phenoxy) is 2. The van der Waals surface area contributed by atoms with Gasteiger partial charge in [-0.2, -0.15) is 0 Å². The third-order valence-corrected chi connectivity index (χ3v) is 10.2. The Morgan fingerprint density at radius 2 is 1.02 bits per heavy atom. The van der Waals surface area contributed by atoms with E-state index in [0.29, 0.717) is 13.0 Å². The molecule has 0 fully saturated rings. The van der Waals surface area contributed by atoms with Gasteiger partial charge in [0.05, 0.1) is 19.8 Å². The quantitative estimate of drug-likeness (QED) is 0.0237. The van der Waals surface area contributed by atoms with Gasteiger partial charge in [0.2, 0.25) is 0 Å². The van der Waals surface area contributed by atoms with E-state index < -0.39 is 45.1 Å². The molecular weight excluding hydrogens is 681 g/mol. The van der Waals surface area contributed by atoms with Crippen LogP contribution in [0.5, 0.6) is 0 Å². The Morgan fingerprint density at radius 3 is 1.52 bits per heavy atom. The molecule has 0 spiro atoms. The fraction of sp³-hybridized carbons (Fsp3) is 0.902. The standard InChI is InChI=1S/C41H80NO9P/c1-3-5-7-9-11-13-15-16-17-18-19-20-21-22-24-26-28-30-32-34-48-35-38(36-49-52(46,47)50-37-39(42)41(44)45)51-40(43)33-31-29-27-25-23-14-12-10-8-6-4-2/h10,12,38-39H,3-9,11,13-37,42H2,1-2H3,(H,44,45)(H,46,47)/b12-10-. The molecule has 0 aliphatic rings. The molecular formula is C41H80NO9P. The number of carbonyl (C=O) groups is 2. The van der Waals surface area contributed by atoms with Crippen molar-refractivity contribution in [1.29, 1.82) is 0 Å². The van der Waals surface area contributed by atoms with Crippen LogP contribution in [0.4, 0.5) is 0 Å². The molecule has 0 aromatic carbocycles. The average molecular weight is 762 g/mol. The number of allylic oxidation sites excluding steroid dienone is 2. The van der Waals surface area contributed by atoms with Crippen LogP contribution in [0.1, 0.15) is 200 Å². The molecule has 0 rings (SSSR count). The third kappa shape index (κ3) is 37.0. The summed E-state index contributed by atoms with van der Waals surface area (Å²) in [5.74, 6) is -1.78. The first-order valence-electron chi connectivity index (χ1n) is 21.2. The SMILES string of the molecule is CCCC/C=C\CCCCCCCC(=O)OC(COCCCCCCCCCCCCCCCCCCCCC)COP(=O)(O)OCC(N)C(=O)O. The van der Waals surface area contributed by atoms with E-state index in [1.807, 2.05) is 0 Å². The van der Waals surface area contributed by atoms with E-state index in [9.17, 15) is 19.0 Å². The van der Waals surface area contributed by atoms with Crippen molar-refractivity contribution in [2.24, 2.45) is 5.73 Å². The zero-order chi connectivity index (χ0) is 38.4. The number of carboxylic acid groups (broad SMARTS) is 1. The molecule has 4 N–H and O–H groups in total. The summed E-state index contributed by atoms with van der Waals surface area (Å²) in [6.45, 7) is 3.86. The Morgan fingerprint density at radius 1 is 0.596 bits per heavy atom. The topological polar surface area (TPSA) is 155 Å². The van der Waals surface area contributed by atoms with Crippen molar-refractivity contribution >= 4 is 19.8 Å². The van der Waals surface area contributed by atoms with E-state index in [1.54, 1.807) is 0 Å². The third-order valence-electron chi connectivity index (χ3n) is 9.29. The largest absolute Gasteiger partial charge is 0.480 e. The normalized spacial score (nSPS) is 14.1. The minimum absolute atomic E-state index is 0.0190. The number of esters is 1. The van der Waals surface area contributed by atoms with Crippen molar-refractivity contribution in [3.8, 4) is 0 Å². The molecule has 0 aromatic heterocycles. The van der Waals surface area contributed by atoms with E-state index >= 15 is 0 Å². The number of aliphatic carboxylic acids is 1. The fourth-order valence-corrected chi connectivity index (χ4v) is 6.72. The maximum Gasteiger partial charge on any atom is 0.472 e. The van der Waals surface area contributed by atoms with Gasteiger partial charge < -0.3 is 25.2 Å². The number of nitrogens with two attached hydrogens (primary N) is 1. The number of phosphoric acid groups is 1. The van der Waals surface area contributed by atoms with Gasteiger partial charge in [0.25, 0.3) is 0 Å². The first kappa shape index (κ1) is 50.7. The summed E-state index contributed by atoms with van der Waals surface area (Å²) in [4.78, 5) is 33.4. The van der Waals surface area contributed by atoms with Gasteiger partial charge in [0, 0.05) is 13.0 Å². The molecule has 3 unspecified atom stereocenters. The number of carbonyl (C=O) groups excluding carboxylic acids is 1. The molecule has 0 saturated carbocycles. The van der Waals surface area contributed by atoms with Gasteiger partial charge in [-0.15, -0.1) is 0 Å². The highest BCUT2D eigenvalue weighted by Gasteiger charge is 2.27. The van der Waals surface area contributed by atoms with E-state index in [1.165, 1.54) is 116 Å². The first-order valence-corrected chi connectivity index (χ1v) is 22.7. The molecule has 0 bridgehead atoms. The highest BCUT2D eigenvalue weighted by molar-refractivity contribution is 7.47. The maximum atomic E-state index is 12.6. The maximum absolute atomic E-state index is 12.6. The minimum atomic E-state index is -4.61. The van der Waals surface area contributed by atoms with Crippen LogP contribution in [-0.2, 0) is 32.7 Å². The Bertz CT molecular complexity index is 888. The summed E-state index contributed by atoms with van der Waals surface area (Å²) in [5, 5.41) is 8.88. The monoisotopic (exact) mass is 762 g/mol. The summed E-state index contributed by atoms with van der Waals surface area (Å²) in [7, 11) is -4.61. The van der Waals surface area contributed by atoms with Crippen LogP contribution in [-0.4, -0.2) is 60.5 Å². The van der Waals surface area contributed by atoms with Crippen LogP contribution >= 0.6 is 7.82 Å². The highest BCUT2D eigenvalue weighted by atomic mass is 31.2. The van der Waals surface area contributed by atoms with Crippen molar-refractivity contribution < 1.29 is 42.7 Å². The molecule has 10 nitrogen and oxygen atoms in total. The van der Waals surface area contributed by atoms with E-state index in [2.05, 4.69) is 26.0 Å². The van der Waals surface area contributed by atoms with Crippen LogP contribution < -0.4 is 5.73 Å². The molecule has 0 saturated heterocycles. The van der Waals surface area contributed by atoms with Gasteiger partial charge >= 0.3 is 19.8 Å². The zero-order valence-corrected chi connectivity index (χ0v) is 34.3. The van der Waals surface area contributed by atoms with Gasteiger partial charge in [0.15, 0.2) is 0 Å². The second-order valence-corrected chi connectivity index (χ2v) is 15.9. The van der Waals surface area contributed by atoms with Crippen LogP contribution in [0.2, 0.25) is 0 Å². The van der Waals surface area contributed by atoms with Crippen LogP contribution in [0.3, 0.4) is 0 Å². The molecule has 308 valence electrons. The number of phosphoric ester groups is 1. The summed E-state index contributed by atoms with van der Waals surface area (Å²) in [5.41, 5.74) is 5.34. The van der Waals surface area contributed by atoms with Gasteiger partial charge in [-0.3, -0.25) is 18.6 Å². The molecule has 3 atom stereocenters. The summed E-state index contributed by atoms with van der Waals surface area (Å²) in [6, 6.07) is -1.47. The van der Waals surface area contributed by atoms with E-state index in [0.717, 1.165) is 57.8 Å². The fourth-order valence-electron chi connectivity index (χ4n) is 5.94. The van der Waals surface area contributed by atoms with Crippen LogP contribution in [0.25, 0.3) is 0 Å². The Hall–Kier alpha value is -1.29. The summed E-state index contributed by atoms with van der Waals surface area (Å²) in [6.07, 6.45) is 38.4. The highest BCUT2D eigenvalue weighted by Crippen LogP contribution is 2.43. The molecule has 0 aromatic rings. The lowest BCUT2D eigenvalue weighted by Gasteiger charge is -2.20. The second-order valence-electron chi connectivity index (χ2n) is 14.5. The first-order chi connectivity index (χ1) is 25.2. The molecule has 11 heteroatoms. The average Bonchev–Trinajstić information content (AvgIpc) is 3.12. The van der Waals surface area contributed by atoms with E-state index in [-0.39, 0.29) is 13.0 Å². The predicted octanol–water partition coefficient (Wildman–Crippen LogP) is 11.4. The number of rotatable bonds is 41. The summed E-state index contributed by atoms with van der Waals surface area (Å²) >= 11 is 0. The minimum Gasteiger partial charge on any atom is -0.480 e. The molecule has 0 heterocycles. The molecule has 0 amide bonds. The number of hydrogen-bond donors (Lipinski definition) is 3. The molecule has 52 heavy (non-hydrogen) atoms. The summed E-state index contributed by atoms with van der Waals surface area (Å²) < 4.78 is 33.3. The smallest absolute Gasteiger partial charge is 0.472 e. The molecule has 0 radical (unpaired) electrons.